The average Bonchev–Trinajstić information content (AvgIpc) is 2.64. The Morgan fingerprint density at radius 2 is 1.62 bits per heavy atom. The van der Waals surface area contributed by atoms with Crippen LogP contribution in [-0.2, 0) is 4.79 Å². The molecular weight excluding hydrogens is 322 g/mol. The van der Waals surface area contributed by atoms with E-state index in [1.165, 1.54) is 11.6 Å². The lowest BCUT2D eigenvalue weighted by Crippen LogP contribution is -2.07. The fourth-order valence-electron chi connectivity index (χ4n) is 2.48. The second-order valence-electron chi connectivity index (χ2n) is 6.11. The van der Waals surface area contributed by atoms with Gasteiger partial charge in [-0.2, -0.15) is 0 Å². The van der Waals surface area contributed by atoms with Gasteiger partial charge in [0.15, 0.2) is 0 Å². The van der Waals surface area contributed by atoms with Crippen LogP contribution in [0.5, 0.6) is 11.5 Å². The zero-order valence-electron chi connectivity index (χ0n) is 14.9. The van der Waals surface area contributed by atoms with Crippen molar-refractivity contribution in [3.05, 3.63) is 95.6 Å². The van der Waals surface area contributed by atoms with Gasteiger partial charge < -0.3 is 10.1 Å². The van der Waals surface area contributed by atoms with E-state index < -0.39 is 0 Å². The Balaban J connectivity index is 1.65. The molecule has 1 amide bonds. The summed E-state index contributed by atoms with van der Waals surface area (Å²) in [5, 5.41) is 2.88. The quantitative estimate of drug-likeness (QED) is 0.599. The number of ether oxygens (including phenoxy) is 1. The standard InChI is InChI=1S/C23H21NO2/c1-17-11-13-20(15-18(17)2)24-23(25)14-12-19-7-6-10-22(16-19)26-21-8-4-3-5-9-21/h3-16H,1-2H3,(H,24,25)/b14-12+. The van der Waals surface area contributed by atoms with Crippen LogP contribution in [0.4, 0.5) is 5.69 Å². The first-order valence-electron chi connectivity index (χ1n) is 8.49. The zero-order valence-corrected chi connectivity index (χ0v) is 14.9. The summed E-state index contributed by atoms with van der Waals surface area (Å²) >= 11 is 0. The summed E-state index contributed by atoms with van der Waals surface area (Å²) < 4.78 is 5.81. The molecule has 0 saturated carbocycles. The van der Waals surface area contributed by atoms with Gasteiger partial charge in [0.25, 0.3) is 0 Å². The summed E-state index contributed by atoms with van der Waals surface area (Å²) in [5.74, 6) is 1.34. The van der Waals surface area contributed by atoms with Gasteiger partial charge in [-0.1, -0.05) is 36.4 Å². The van der Waals surface area contributed by atoms with Crippen molar-refractivity contribution in [1.29, 1.82) is 0 Å². The second kappa shape index (κ2) is 8.17. The van der Waals surface area contributed by atoms with E-state index in [0.717, 1.165) is 28.3 Å². The minimum atomic E-state index is -0.164. The molecule has 130 valence electrons. The molecule has 3 rings (SSSR count). The Bertz CT molecular complexity index is 930. The van der Waals surface area contributed by atoms with E-state index in [0.29, 0.717) is 0 Å². The molecule has 0 aliphatic rings. The van der Waals surface area contributed by atoms with E-state index >= 15 is 0 Å². The third-order valence-electron chi connectivity index (χ3n) is 4.04. The summed E-state index contributed by atoms with van der Waals surface area (Å²) in [7, 11) is 0. The molecule has 3 aromatic carbocycles. The minimum absolute atomic E-state index is 0.164. The molecule has 0 unspecified atom stereocenters. The van der Waals surface area contributed by atoms with Gasteiger partial charge in [0.05, 0.1) is 0 Å². The molecule has 3 nitrogen and oxygen atoms in total. The Hall–Kier alpha value is -3.33. The second-order valence-corrected chi connectivity index (χ2v) is 6.11. The van der Waals surface area contributed by atoms with Gasteiger partial charge in [0.2, 0.25) is 5.91 Å². The minimum Gasteiger partial charge on any atom is -0.457 e. The predicted octanol–water partition coefficient (Wildman–Crippen LogP) is 5.75. The molecule has 0 aromatic heterocycles. The molecule has 0 aliphatic heterocycles. The Morgan fingerprint density at radius 3 is 2.38 bits per heavy atom. The van der Waals surface area contributed by atoms with Crippen molar-refractivity contribution < 1.29 is 9.53 Å². The highest BCUT2D eigenvalue weighted by atomic mass is 16.5. The monoisotopic (exact) mass is 343 g/mol. The van der Waals surface area contributed by atoms with E-state index in [4.69, 9.17) is 4.74 Å². The van der Waals surface area contributed by atoms with Gasteiger partial charge in [0, 0.05) is 11.8 Å². The van der Waals surface area contributed by atoms with Crippen LogP contribution in [0.2, 0.25) is 0 Å². The highest BCUT2D eigenvalue weighted by Crippen LogP contribution is 2.22. The van der Waals surface area contributed by atoms with E-state index in [2.05, 4.69) is 5.32 Å². The number of hydrogen-bond donors (Lipinski definition) is 1. The molecule has 3 aromatic rings. The molecular formula is C23H21NO2. The third-order valence-corrected chi connectivity index (χ3v) is 4.04. The van der Waals surface area contributed by atoms with E-state index in [-0.39, 0.29) is 5.91 Å². The first kappa shape index (κ1) is 17.5. The number of carbonyl (C=O) groups is 1. The maximum absolute atomic E-state index is 12.1. The van der Waals surface area contributed by atoms with Crippen LogP contribution >= 0.6 is 0 Å². The third kappa shape index (κ3) is 4.84. The fourth-order valence-corrected chi connectivity index (χ4v) is 2.48. The molecule has 0 radical (unpaired) electrons. The summed E-state index contributed by atoms with van der Waals surface area (Å²) in [6.45, 7) is 4.07. The van der Waals surface area contributed by atoms with Gasteiger partial charge in [0.1, 0.15) is 11.5 Å². The fraction of sp³-hybridized carbons (Fsp3) is 0.0870. The lowest BCUT2D eigenvalue weighted by molar-refractivity contribution is -0.111. The van der Waals surface area contributed by atoms with Gasteiger partial charge in [-0.3, -0.25) is 4.79 Å². The molecule has 0 bridgehead atoms. The topological polar surface area (TPSA) is 38.3 Å². The molecule has 3 heteroatoms. The van der Waals surface area contributed by atoms with Crippen molar-refractivity contribution >= 4 is 17.7 Å². The number of anilines is 1. The SMILES string of the molecule is Cc1ccc(NC(=O)/C=C/c2cccc(Oc3ccccc3)c2)cc1C. The number of para-hydroxylation sites is 1. The first-order valence-corrected chi connectivity index (χ1v) is 8.49. The number of nitrogens with one attached hydrogen (secondary N) is 1. The Labute approximate surface area is 154 Å². The van der Waals surface area contributed by atoms with E-state index in [9.17, 15) is 4.79 Å². The first-order chi connectivity index (χ1) is 12.6. The summed E-state index contributed by atoms with van der Waals surface area (Å²) in [4.78, 5) is 12.1. The van der Waals surface area contributed by atoms with Crippen molar-refractivity contribution in [2.75, 3.05) is 5.32 Å². The van der Waals surface area contributed by atoms with Crippen molar-refractivity contribution in [2.45, 2.75) is 13.8 Å². The number of aryl methyl sites for hydroxylation is 2. The van der Waals surface area contributed by atoms with Crippen LogP contribution < -0.4 is 10.1 Å². The number of amides is 1. The maximum Gasteiger partial charge on any atom is 0.248 e. The van der Waals surface area contributed by atoms with E-state index in [1.807, 2.05) is 86.6 Å². The van der Waals surface area contributed by atoms with Crippen molar-refractivity contribution in [3.8, 4) is 11.5 Å². The number of rotatable bonds is 5. The van der Waals surface area contributed by atoms with Crippen LogP contribution in [0.3, 0.4) is 0 Å². The van der Waals surface area contributed by atoms with Gasteiger partial charge in [-0.05, 0) is 73.0 Å². The summed E-state index contributed by atoms with van der Waals surface area (Å²) in [6, 6.07) is 23.1. The van der Waals surface area contributed by atoms with Crippen molar-refractivity contribution in [3.63, 3.8) is 0 Å². The smallest absolute Gasteiger partial charge is 0.248 e. The molecule has 0 heterocycles. The number of benzene rings is 3. The lowest BCUT2D eigenvalue weighted by atomic mass is 10.1. The zero-order chi connectivity index (χ0) is 18.4. The molecule has 26 heavy (non-hydrogen) atoms. The maximum atomic E-state index is 12.1. The number of hydrogen-bond acceptors (Lipinski definition) is 2. The van der Waals surface area contributed by atoms with Crippen LogP contribution in [0, 0.1) is 13.8 Å². The van der Waals surface area contributed by atoms with Crippen LogP contribution in [0.1, 0.15) is 16.7 Å². The number of carbonyl (C=O) groups excluding carboxylic acids is 1. The summed E-state index contributed by atoms with van der Waals surface area (Å²) in [5.41, 5.74) is 4.05. The van der Waals surface area contributed by atoms with Crippen molar-refractivity contribution in [1.82, 2.24) is 0 Å². The molecule has 1 N–H and O–H groups in total. The predicted molar refractivity (Wildman–Crippen MR) is 107 cm³/mol. The lowest BCUT2D eigenvalue weighted by Gasteiger charge is -2.06. The molecule has 0 fully saturated rings. The van der Waals surface area contributed by atoms with Crippen LogP contribution in [0.15, 0.2) is 78.9 Å². The van der Waals surface area contributed by atoms with E-state index in [1.54, 1.807) is 6.08 Å². The molecule has 0 saturated heterocycles. The van der Waals surface area contributed by atoms with Crippen LogP contribution in [-0.4, -0.2) is 5.91 Å². The summed E-state index contributed by atoms with van der Waals surface area (Å²) in [6.07, 6.45) is 3.30. The van der Waals surface area contributed by atoms with Gasteiger partial charge in [-0.25, -0.2) is 0 Å². The Morgan fingerprint density at radius 1 is 0.846 bits per heavy atom. The molecule has 0 aliphatic carbocycles. The van der Waals surface area contributed by atoms with Gasteiger partial charge in [-0.15, -0.1) is 0 Å². The highest BCUT2D eigenvalue weighted by Gasteiger charge is 2.01. The van der Waals surface area contributed by atoms with Crippen molar-refractivity contribution in [2.24, 2.45) is 0 Å². The average molecular weight is 343 g/mol. The van der Waals surface area contributed by atoms with Crippen LogP contribution in [0.25, 0.3) is 6.08 Å². The largest absolute Gasteiger partial charge is 0.457 e. The normalized spacial score (nSPS) is 10.7. The molecule has 0 atom stereocenters. The Kier molecular flexibility index (Phi) is 5.49. The van der Waals surface area contributed by atoms with Gasteiger partial charge >= 0.3 is 0 Å². The molecule has 0 spiro atoms. The highest BCUT2D eigenvalue weighted by molar-refractivity contribution is 6.02.